The number of nitrogens with zero attached hydrogens (tertiary/aromatic N) is 2. The highest BCUT2D eigenvalue weighted by atomic mass is 32.2. The van der Waals surface area contributed by atoms with Gasteiger partial charge in [0, 0.05) is 35.2 Å². The fourth-order valence-electron chi connectivity index (χ4n) is 3.54. The summed E-state index contributed by atoms with van der Waals surface area (Å²) in [5.41, 5.74) is 4.52. The molecular formula is C25H23N3O3S. The summed E-state index contributed by atoms with van der Waals surface area (Å²) in [5, 5.41) is 3.27. The Morgan fingerprint density at radius 2 is 1.84 bits per heavy atom. The molecular weight excluding hydrogens is 422 g/mol. The van der Waals surface area contributed by atoms with Crippen LogP contribution < -0.4 is 5.32 Å². The molecule has 0 aliphatic heterocycles. The van der Waals surface area contributed by atoms with Crippen molar-refractivity contribution >= 4 is 32.3 Å². The summed E-state index contributed by atoms with van der Waals surface area (Å²) in [6.07, 6.45) is 6.62. The van der Waals surface area contributed by atoms with E-state index in [1.165, 1.54) is 6.26 Å². The van der Waals surface area contributed by atoms with Crippen LogP contribution in [0.25, 0.3) is 22.0 Å². The van der Waals surface area contributed by atoms with E-state index < -0.39 is 15.1 Å². The van der Waals surface area contributed by atoms with Gasteiger partial charge in [-0.2, -0.15) is 0 Å². The number of benzene rings is 2. The molecule has 6 nitrogen and oxygen atoms in total. The molecule has 0 radical (unpaired) electrons. The van der Waals surface area contributed by atoms with Gasteiger partial charge in [0.15, 0.2) is 0 Å². The van der Waals surface area contributed by atoms with Gasteiger partial charge < -0.3 is 5.32 Å². The van der Waals surface area contributed by atoms with E-state index in [0.29, 0.717) is 17.7 Å². The Hall–Kier alpha value is -3.58. The first-order valence-electron chi connectivity index (χ1n) is 10.2. The van der Waals surface area contributed by atoms with Crippen LogP contribution >= 0.6 is 0 Å². The second-order valence-electron chi connectivity index (χ2n) is 7.84. The number of carbonyl (C=O) groups is 1. The largest absolute Gasteiger partial charge is 0.321 e. The van der Waals surface area contributed by atoms with E-state index in [9.17, 15) is 13.2 Å². The summed E-state index contributed by atoms with van der Waals surface area (Å²) in [5.74, 6) is -0.237. The second-order valence-corrected chi connectivity index (χ2v) is 10.3. The minimum absolute atomic E-state index is 0.237. The molecule has 0 aliphatic rings. The van der Waals surface area contributed by atoms with Crippen molar-refractivity contribution in [3.63, 3.8) is 0 Å². The normalized spacial score (nSPS) is 12.4. The Bertz CT molecular complexity index is 1390. The zero-order valence-electron chi connectivity index (χ0n) is 17.8. The molecule has 1 N–H and O–H groups in total. The zero-order valence-corrected chi connectivity index (χ0v) is 18.6. The number of carbonyl (C=O) groups excluding carboxylic acids is 1. The van der Waals surface area contributed by atoms with Crippen LogP contribution in [0.3, 0.4) is 0 Å². The van der Waals surface area contributed by atoms with Crippen molar-refractivity contribution < 1.29 is 13.2 Å². The van der Waals surface area contributed by atoms with Crippen molar-refractivity contribution in [2.75, 3.05) is 11.6 Å². The van der Waals surface area contributed by atoms with Crippen LogP contribution in [0.5, 0.6) is 0 Å². The summed E-state index contributed by atoms with van der Waals surface area (Å²) in [4.78, 5) is 21.3. The number of pyridine rings is 2. The number of amides is 1. The van der Waals surface area contributed by atoms with E-state index in [4.69, 9.17) is 0 Å². The monoisotopic (exact) mass is 445 g/mol. The van der Waals surface area contributed by atoms with E-state index >= 15 is 0 Å². The van der Waals surface area contributed by atoms with Crippen molar-refractivity contribution in [3.8, 4) is 11.1 Å². The lowest BCUT2D eigenvalue weighted by atomic mass is 9.96. The summed E-state index contributed by atoms with van der Waals surface area (Å²) >= 11 is 0. The molecule has 0 fully saturated rings. The Labute approximate surface area is 187 Å². The molecule has 1 atom stereocenters. The van der Waals surface area contributed by atoms with Gasteiger partial charge in [0.1, 0.15) is 9.84 Å². The molecule has 0 spiro atoms. The molecule has 1 amide bonds. The number of anilines is 1. The highest BCUT2D eigenvalue weighted by Crippen LogP contribution is 2.30. The molecule has 2 aromatic heterocycles. The summed E-state index contributed by atoms with van der Waals surface area (Å²) in [6.45, 7) is 1.71. The third-order valence-corrected chi connectivity index (χ3v) is 7.00. The second kappa shape index (κ2) is 8.88. The molecule has 1 unspecified atom stereocenters. The Balaban J connectivity index is 1.74. The van der Waals surface area contributed by atoms with Gasteiger partial charge in [-0.15, -0.1) is 0 Å². The van der Waals surface area contributed by atoms with E-state index in [1.54, 1.807) is 43.7 Å². The number of sulfone groups is 1. The van der Waals surface area contributed by atoms with Crippen molar-refractivity contribution in [1.82, 2.24) is 9.97 Å². The van der Waals surface area contributed by atoms with Gasteiger partial charge in [0.2, 0.25) is 0 Å². The molecule has 32 heavy (non-hydrogen) atoms. The van der Waals surface area contributed by atoms with Crippen molar-refractivity contribution in [1.29, 1.82) is 0 Å². The quantitative estimate of drug-likeness (QED) is 0.471. The first kappa shape index (κ1) is 21.6. The minimum atomic E-state index is -3.15. The van der Waals surface area contributed by atoms with Crippen LogP contribution in [-0.4, -0.2) is 35.8 Å². The fourth-order valence-corrected chi connectivity index (χ4v) is 4.04. The van der Waals surface area contributed by atoms with Gasteiger partial charge in [-0.25, -0.2) is 8.42 Å². The summed E-state index contributed by atoms with van der Waals surface area (Å²) < 4.78 is 23.9. The molecule has 2 aromatic carbocycles. The van der Waals surface area contributed by atoms with Gasteiger partial charge in [0.05, 0.1) is 22.7 Å². The molecule has 0 aliphatic carbocycles. The molecule has 2 heterocycles. The lowest BCUT2D eigenvalue weighted by Crippen LogP contribution is -2.18. The van der Waals surface area contributed by atoms with Crippen LogP contribution in [0.1, 0.15) is 22.8 Å². The SMILES string of the molecule is CC(Cc1cc(-c2cccc(C(=O)Nc3cccnc3)c2)c2ncccc2c1)S(C)(=O)=O. The molecule has 7 heteroatoms. The van der Waals surface area contributed by atoms with E-state index in [-0.39, 0.29) is 5.91 Å². The van der Waals surface area contributed by atoms with Crippen LogP contribution in [-0.2, 0) is 16.3 Å². The van der Waals surface area contributed by atoms with Gasteiger partial charge in [0.25, 0.3) is 5.91 Å². The molecule has 4 aromatic rings. The van der Waals surface area contributed by atoms with E-state index in [2.05, 4.69) is 15.3 Å². The highest BCUT2D eigenvalue weighted by Gasteiger charge is 2.17. The molecule has 0 saturated carbocycles. The average molecular weight is 446 g/mol. The molecule has 4 rings (SSSR count). The molecule has 0 saturated heterocycles. The Morgan fingerprint density at radius 1 is 1.03 bits per heavy atom. The summed E-state index contributed by atoms with van der Waals surface area (Å²) in [7, 11) is -3.15. The summed E-state index contributed by atoms with van der Waals surface area (Å²) in [6, 6.07) is 18.6. The van der Waals surface area contributed by atoms with E-state index in [1.807, 2.05) is 42.5 Å². The van der Waals surface area contributed by atoms with Gasteiger partial charge in [-0.1, -0.05) is 18.2 Å². The maximum absolute atomic E-state index is 12.8. The van der Waals surface area contributed by atoms with Crippen LogP contribution in [0, 0.1) is 0 Å². The predicted octanol–water partition coefficient (Wildman–Crippen LogP) is 4.52. The van der Waals surface area contributed by atoms with E-state index in [0.717, 1.165) is 27.6 Å². The average Bonchev–Trinajstić information content (AvgIpc) is 2.78. The van der Waals surface area contributed by atoms with Crippen LogP contribution in [0.15, 0.2) is 79.3 Å². The maximum Gasteiger partial charge on any atom is 0.255 e. The number of rotatable bonds is 6. The number of hydrogen-bond donors (Lipinski definition) is 1. The Kier molecular flexibility index (Phi) is 6.01. The van der Waals surface area contributed by atoms with Gasteiger partial charge in [-0.3, -0.25) is 14.8 Å². The van der Waals surface area contributed by atoms with Crippen LogP contribution in [0.4, 0.5) is 5.69 Å². The maximum atomic E-state index is 12.8. The number of aromatic nitrogens is 2. The van der Waals surface area contributed by atoms with Crippen molar-refractivity contribution in [3.05, 3.63) is 90.4 Å². The van der Waals surface area contributed by atoms with Crippen molar-refractivity contribution in [2.45, 2.75) is 18.6 Å². The molecule has 0 bridgehead atoms. The van der Waals surface area contributed by atoms with Crippen molar-refractivity contribution in [2.24, 2.45) is 0 Å². The van der Waals surface area contributed by atoms with Crippen LogP contribution in [0.2, 0.25) is 0 Å². The third-order valence-electron chi connectivity index (χ3n) is 5.37. The lowest BCUT2D eigenvalue weighted by Gasteiger charge is -2.14. The van der Waals surface area contributed by atoms with Gasteiger partial charge in [-0.05, 0) is 66.9 Å². The first-order valence-corrected chi connectivity index (χ1v) is 12.1. The topological polar surface area (TPSA) is 89.0 Å². The van der Waals surface area contributed by atoms with Gasteiger partial charge >= 0.3 is 0 Å². The number of nitrogens with one attached hydrogen (secondary N) is 1. The highest BCUT2D eigenvalue weighted by molar-refractivity contribution is 7.91. The lowest BCUT2D eigenvalue weighted by molar-refractivity contribution is 0.102. The smallest absolute Gasteiger partial charge is 0.255 e. The molecule has 162 valence electrons. The first-order chi connectivity index (χ1) is 15.3. The number of fused-ring (bicyclic) bond motifs is 1. The third kappa shape index (κ3) is 4.84. The fraction of sp³-hybridized carbons (Fsp3) is 0.160. The minimum Gasteiger partial charge on any atom is -0.321 e. The number of hydrogen-bond acceptors (Lipinski definition) is 5. The zero-order chi connectivity index (χ0) is 22.7. The standard InChI is InChI=1S/C25H23N3O3S/c1-17(32(2,30)31)12-18-13-20-8-4-11-27-24(20)23(14-18)19-6-3-7-21(15-19)25(29)28-22-9-5-10-26-16-22/h3-11,13-17H,12H2,1-2H3,(H,28,29). The predicted molar refractivity (Wildman–Crippen MR) is 127 cm³/mol. The Morgan fingerprint density at radius 3 is 2.59 bits per heavy atom.